The zero-order valence-corrected chi connectivity index (χ0v) is 18.5. The number of alkyl carbamates (subject to hydrolysis) is 1. The van der Waals surface area contributed by atoms with Crippen molar-refractivity contribution in [3.05, 3.63) is 101 Å². The summed E-state index contributed by atoms with van der Waals surface area (Å²) in [6.45, 7) is 2.79. The number of pyridine rings is 1. The Morgan fingerprint density at radius 3 is 2.45 bits per heavy atom. The smallest absolute Gasteiger partial charge is 0.407 e. The Labute approximate surface area is 193 Å². The summed E-state index contributed by atoms with van der Waals surface area (Å²) in [7, 11) is 0. The van der Waals surface area contributed by atoms with E-state index in [0.717, 1.165) is 22.0 Å². The summed E-state index contributed by atoms with van der Waals surface area (Å²) in [6.07, 6.45) is 1.93. The van der Waals surface area contributed by atoms with Gasteiger partial charge in [-0.25, -0.2) is 4.79 Å². The number of aromatic nitrogens is 1. The number of hydrogen-bond donors (Lipinski definition) is 1. The van der Waals surface area contributed by atoms with Gasteiger partial charge in [0, 0.05) is 36.0 Å². The highest BCUT2D eigenvalue weighted by Gasteiger charge is 2.28. The van der Waals surface area contributed by atoms with E-state index in [9.17, 15) is 4.79 Å². The van der Waals surface area contributed by atoms with Crippen LogP contribution in [-0.4, -0.2) is 24.2 Å². The fourth-order valence-electron chi connectivity index (χ4n) is 4.46. The van der Waals surface area contributed by atoms with Gasteiger partial charge >= 0.3 is 6.09 Å². The topological polar surface area (TPSA) is 51.2 Å². The summed E-state index contributed by atoms with van der Waals surface area (Å²) in [5.74, 6) is 6.40. The largest absolute Gasteiger partial charge is 0.449 e. The number of amides is 1. The van der Waals surface area contributed by atoms with Gasteiger partial charge in [0.2, 0.25) is 0 Å². The summed E-state index contributed by atoms with van der Waals surface area (Å²) in [6, 6.07) is 24.7. The Balaban J connectivity index is 1.15. The Hall–Kier alpha value is -4.10. The molecule has 0 spiro atoms. The molecular formula is C29H24N2O2. The van der Waals surface area contributed by atoms with Gasteiger partial charge in [-0.1, -0.05) is 72.5 Å². The predicted octanol–water partition coefficient (Wildman–Crippen LogP) is 5.82. The molecule has 1 aliphatic carbocycles. The molecule has 0 saturated heterocycles. The third-order valence-electron chi connectivity index (χ3n) is 6.11. The molecule has 0 atom stereocenters. The first kappa shape index (κ1) is 20.8. The highest BCUT2D eigenvalue weighted by molar-refractivity contribution is 5.83. The van der Waals surface area contributed by atoms with Crippen molar-refractivity contribution in [1.82, 2.24) is 10.3 Å². The minimum atomic E-state index is -0.412. The van der Waals surface area contributed by atoms with Gasteiger partial charge in [-0.3, -0.25) is 4.98 Å². The molecule has 0 radical (unpaired) electrons. The molecule has 4 aromatic rings. The van der Waals surface area contributed by atoms with Crippen LogP contribution in [0.15, 0.2) is 79.0 Å². The molecule has 1 aromatic heterocycles. The van der Waals surface area contributed by atoms with Crippen LogP contribution in [0, 0.1) is 18.8 Å². The number of hydrogen-bond acceptors (Lipinski definition) is 3. The quantitative estimate of drug-likeness (QED) is 0.326. The Morgan fingerprint density at radius 1 is 0.970 bits per heavy atom. The minimum absolute atomic E-state index is 0.0624. The fraction of sp³-hybridized carbons (Fsp3) is 0.172. The molecule has 0 bridgehead atoms. The third-order valence-corrected chi connectivity index (χ3v) is 6.11. The van der Waals surface area contributed by atoms with Crippen LogP contribution < -0.4 is 5.32 Å². The van der Waals surface area contributed by atoms with Gasteiger partial charge in [0.05, 0.1) is 5.52 Å². The number of benzene rings is 3. The average Bonchev–Trinajstić information content (AvgIpc) is 3.18. The SMILES string of the molecule is Cc1c(C#CCCNC(=O)OCC2c3ccccc3-c3ccccc32)ccc2cccnc12. The van der Waals surface area contributed by atoms with Crippen molar-refractivity contribution < 1.29 is 9.53 Å². The number of rotatable bonds is 4. The molecule has 33 heavy (non-hydrogen) atoms. The first-order valence-electron chi connectivity index (χ1n) is 11.1. The molecule has 0 saturated carbocycles. The van der Waals surface area contributed by atoms with Gasteiger partial charge in [0.1, 0.15) is 6.61 Å². The van der Waals surface area contributed by atoms with Gasteiger partial charge in [-0.2, -0.15) is 0 Å². The molecule has 4 nitrogen and oxygen atoms in total. The molecule has 1 aliphatic rings. The van der Waals surface area contributed by atoms with Gasteiger partial charge in [-0.05, 0) is 46.9 Å². The zero-order chi connectivity index (χ0) is 22.6. The molecular weight excluding hydrogens is 408 g/mol. The summed E-state index contributed by atoms with van der Waals surface area (Å²) < 4.78 is 5.57. The number of nitrogens with zero attached hydrogens (tertiary/aromatic N) is 1. The number of fused-ring (bicyclic) bond motifs is 4. The molecule has 0 aliphatic heterocycles. The van der Waals surface area contributed by atoms with Gasteiger partial charge < -0.3 is 10.1 Å². The fourth-order valence-corrected chi connectivity index (χ4v) is 4.46. The van der Waals surface area contributed by atoms with Gasteiger partial charge in [0.15, 0.2) is 0 Å². The van der Waals surface area contributed by atoms with Crippen molar-refractivity contribution in [2.75, 3.05) is 13.2 Å². The van der Waals surface area contributed by atoms with E-state index in [1.54, 1.807) is 6.20 Å². The van der Waals surface area contributed by atoms with Gasteiger partial charge in [0.25, 0.3) is 0 Å². The maximum atomic E-state index is 12.3. The molecule has 5 rings (SSSR count). The molecule has 1 amide bonds. The second-order valence-electron chi connectivity index (χ2n) is 8.12. The monoisotopic (exact) mass is 432 g/mol. The second-order valence-corrected chi connectivity index (χ2v) is 8.12. The minimum Gasteiger partial charge on any atom is -0.449 e. The van der Waals surface area contributed by atoms with E-state index in [1.165, 1.54) is 22.3 Å². The van der Waals surface area contributed by atoms with Crippen molar-refractivity contribution in [2.45, 2.75) is 19.3 Å². The number of carbonyl (C=O) groups is 1. The van der Waals surface area contributed by atoms with Crippen LogP contribution in [0.25, 0.3) is 22.0 Å². The first-order valence-corrected chi connectivity index (χ1v) is 11.1. The van der Waals surface area contributed by atoms with Crippen LogP contribution in [0.1, 0.15) is 34.6 Å². The van der Waals surface area contributed by atoms with E-state index >= 15 is 0 Å². The standard InChI is InChI=1S/C29H24N2O2/c1-20-21(15-16-22-10-8-18-30-28(20)22)9-6-7-17-31-29(32)33-19-27-25-13-4-2-11-23(25)24-12-3-5-14-26(24)27/h2-5,8,10-16,18,27H,7,17,19H2,1H3,(H,31,32). The molecule has 1 N–H and O–H groups in total. The van der Waals surface area contributed by atoms with E-state index in [-0.39, 0.29) is 5.92 Å². The number of nitrogens with one attached hydrogen (secondary N) is 1. The van der Waals surface area contributed by atoms with Crippen molar-refractivity contribution in [3.63, 3.8) is 0 Å². The van der Waals surface area contributed by atoms with Crippen LogP contribution in [0.3, 0.4) is 0 Å². The van der Waals surface area contributed by atoms with E-state index in [0.29, 0.717) is 19.6 Å². The lowest BCUT2D eigenvalue weighted by Crippen LogP contribution is -2.26. The number of aryl methyl sites for hydroxylation is 1. The maximum absolute atomic E-state index is 12.3. The maximum Gasteiger partial charge on any atom is 0.407 e. The van der Waals surface area contributed by atoms with Crippen molar-refractivity contribution in [2.24, 2.45) is 0 Å². The molecule has 162 valence electrons. The summed E-state index contributed by atoms with van der Waals surface area (Å²) in [5, 5.41) is 3.92. The van der Waals surface area contributed by atoms with E-state index in [2.05, 4.69) is 46.4 Å². The van der Waals surface area contributed by atoms with E-state index in [4.69, 9.17) is 4.74 Å². The average molecular weight is 433 g/mol. The van der Waals surface area contributed by atoms with Crippen molar-refractivity contribution in [3.8, 4) is 23.0 Å². The van der Waals surface area contributed by atoms with Crippen LogP contribution in [0.2, 0.25) is 0 Å². The molecule has 0 unspecified atom stereocenters. The molecule has 0 fully saturated rings. The van der Waals surface area contributed by atoms with E-state index < -0.39 is 6.09 Å². The first-order chi connectivity index (χ1) is 16.2. The van der Waals surface area contributed by atoms with E-state index in [1.807, 2.05) is 55.5 Å². The highest BCUT2D eigenvalue weighted by atomic mass is 16.5. The predicted molar refractivity (Wildman–Crippen MR) is 131 cm³/mol. The van der Waals surface area contributed by atoms with Gasteiger partial charge in [-0.15, -0.1) is 0 Å². The molecule has 4 heteroatoms. The Bertz CT molecular complexity index is 1350. The van der Waals surface area contributed by atoms with Crippen molar-refractivity contribution in [1.29, 1.82) is 0 Å². The van der Waals surface area contributed by atoms with Crippen LogP contribution >= 0.6 is 0 Å². The lowest BCUT2D eigenvalue weighted by Gasteiger charge is -2.14. The molecule has 1 heterocycles. The molecule has 3 aromatic carbocycles. The normalized spacial score (nSPS) is 11.9. The highest BCUT2D eigenvalue weighted by Crippen LogP contribution is 2.44. The summed E-state index contributed by atoms with van der Waals surface area (Å²) >= 11 is 0. The van der Waals surface area contributed by atoms with Crippen molar-refractivity contribution >= 4 is 17.0 Å². The van der Waals surface area contributed by atoms with Crippen LogP contribution in [-0.2, 0) is 4.74 Å². The Morgan fingerprint density at radius 2 is 1.70 bits per heavy atom. The van der Waals surface area contributed by atoms with Crippen LogP contribution in [0.4, 0.5) is 4.79 Å². The number of ether oxygens (including phenoxy) is 1. The zero-order valence-electron chi connectivity index (χ0n) is 18.5. The van der Waals surface area contributed by atoms with Crippen LogP contribution in [0.5, 0.6) is 0 Å². The lowest BCUT2D eigenvalue weighted by atomic mass is 9.98. The number of carbonyl (C=O) groups excluding carboxylic acids is 1. The Kier molecular flexibility index (Phi) is 5.78. The third kappa shape index (κ3) is 4.18. The lowest BCUT2D eigenvalue weighted by molar-refractivity contribution is 0.143. The second kappa shape index (κ2) is 9.18. The summed E-state index contributed by atoms with van der Waals surface area (Å²) in [5.41, 5.74) is 7.86. The summed E-state index contributed by atoms with van der Waals surface area (Å²) in [4.78, 5) is 16.7.